The van der Waals surface area contributed by atoms with Gasteiger partial charge in [-0.2, -0.15) is 13.9 Å². The zero-order chi connectivity index (χ0) is 15.4. The molecule has 4 nitrogen and oxygen atoms in total. The largest absolute Gasteiger partial charge is 0.434 e. The number of alkyl halides is 2. The fourth-order valence-corrected chi connectivity index (χ4v) is 2.10. The number of ether oxygens (including phenoxy) is 1. The standard InChI is InChI=1S/C15H19F2N3O/c1-10(2)20-8-7-11(19-20)9-13(18)12-5-3-4-6-14(12)21-15(16)17/h3-8,10,13,15H,9,18H2,1-2H3. The first-order chi connectivity index (χ1) is 9.97. The number of benzene rings is 1. The number of hydrogen-bond acceptors (Lipinski definition) is 3. The molecule has 0 amide bonds. The van der Waals surface area contributed by atoms with Crippen LogP contribution in [0.15, 0.2) is 36.5 Å². The fraction of sp³-hybridized carbons (Fsp3) is 0.400. The Hall–Kier alpha value is -1.95. The predicted octanol–water partition coefficient (Wildman–Crippen LogP) is 3.31. The summed E-state index contributed by atoms with van der Waals surface area (Å²) < 4.78 is 31.2. The summed E-state index contributed by atoms with van der Waals surface area (Å²) in [6.07, 6.45) is 2.34. The Kier molecular flexibility index (Phi) is 4.90. The number of nitrogens with zero attached hydrogens (tertiary/aromatic N) is 2. The molecule has 2 rings (SSSR count). The highest BCUT2D eigenvalue weighted by Crippen LogP contribution is 2.27. The highest BCUT2D eigenvalue weighted by atomic mass is 19.3. The van der Waals surface area contributed by atoms with E-state index < -0.39 is 12.7 Å². The minimum atomic E-state index is -2.86. The van der Waals surface area contributed by atoms with Gasteiger partial charge in [0.15, 0.2) is 0 Å². The molecule has 1 unspecified atom stereocenters. The number of aromatic nitrogens is 2. The second kappa shape index (κ2) is 6.67. The molecule has 0 radical (unpaired) electrons. The lowest BCUT2D eigenvalue weighted by Crippen LogP contribution is -2.16. The van der Waals surface area contributed by atoms with E-state index in [1.54, 1.807) is 18.2 Å². The van der Waals surface area contributed by atoms with Crippen LogP contribution < -0.4 is 10.5 Å². The van der Waals surface area contributed by atoms with Crippen molar-refractivity contribution in [3.8, 4) is 5.75 Å². The Morgan fingerprint density at radius 1 is 1.24 bits per heavy atom. The van der Waals surface area contributed by atoms with Gasteiger partial charge in [0, 0.05) is 30.3 Å². The van der Waals surface area contributed by atoms with Crippen molar-refractivity contribution in [2.24, 2.45) is 5.73 Å². The lowest BCUT2D eigenvalue weighted by atomic mass is 10.0. The molecule has 114 valence electrons. The SMILES string of the molecule is CC(C)n1ccc(CC(N)c2ccccc2OC(F)F)n1. The van der Waals surface area contributed by atoms with Gasteiger partial charge in [0.1, 0.15) is 5.75 Å². The molecule has 1 aromatic carbocycles. The minimum Gasteiger partial charge on any atom is -0.434 e. The van der Waals surface area contributed by atoms with Crippen molar-refractivity contribution in [1.82, 2.24) is 9.78 Å². The van der Waals surface area contributed by atoms with E-state index in [-0.39, 0.29) is 11.8 Å². The summed E-state index contributed by atoms with van der Waals surface area (Å²) in [6, 6.07) is 8.29. The predicted molar refractivity (Wildman–Crippen MR) is 76.3 cm³/mol. The number of hydrogen-bond donors (Lipinski definition) is 1. The highest BCUT2D eigenvalue weighted by Gasteiger charge is 2.16. The zero-order valence-corrected chi connectivity index (χ0v) is 12.0. The van der Waals surface area contributed by atoms with Gasteiger partial charge in [0.25, 0.3) is 0 Å². The van der Waals surface area contributed by atoms with Crippen molar-refractivity contribution in [1.29, 1.82) is 0 Å². The molecule has 0 bridgehead atoms. The maximum absolute atomic E-state index is 12.4. The van der Waals surface area contributed by atoms with Gasteiger partial charge in [-0.15, -0.1) is 0 Å². The van der Waals surface area contributed by atoms with Gasteiger partial charge in [-0.25, -0.2) is 0 Å². The van der Waals surface area contributed by atoms with Crippen LogP contribution >= 0.6 is 0 Å². The normalized spacial score (nSPS) is 12.9. The van der Waals surface area contributed by atoms with E-state index in [9.17, 15) is 8.78 Å². The molecular formula is C15H19F2N3O. The smallest absolute Gasteiger partial charge is 0.387 e. The summed E-state index contributed by atoms with van der Waals surface area (Å²) in [4.78, 5) is 0. The molecule has 0 fully saturated rings. The molecule has 2 N–H and O–H groups in total. The molecule has 0 saturated heterocycles. The Balaban J connectivity index is 2.14. The first-order valence-corrected chi connectivity index (χ1v) is 6.80. The minimum absolute atomic E-state index is 0.114. The number of halogens is 2. The summed E-state index contributed by atoms with van der Waals surface area (Å²) in [5, 5.41) is 4.41. The lowest BCUT2D eigenvalue weighted by Gasteiger charge is -2.15. The van der Waals surface area contributed by atoms with E-state index in [2.05, 4.69) is 9.84 Å². The molecule has 0 aliphatic heterocycles. The topological polar surface area (TPSA) is 53.1 Å². The molecule has 2 aromatic rings. The van der Waals surface area contributed by atoms with Crippen LogP contribution in [0, 0.1) is 0 Å². The average Bonchev–Trinajstić information content (AvgIpc) is 2.87. The molecule has 0 saturated carbocycles. The number of rotatable bonds is 6. The van der Waals surface area contributed by atoms with Gasteiger partial charge in [-0.05, 0) is 26.0 Å². The molecule has 1 atom stereocenters. The van der Waals surface area contributed by atoms with Crippen LogP contribution in [-0.4, -0.2) is 16.4 Å². The summed E-state index contributed by atoms with van der Waals surface area (Å²) in [7, 11) is 0. The van der Waals surface area contributed by atoms with Crippen molar-refractivity contribution < 1.29 is 13.5 Å². The van der Waals surface area contributed by atoms with Gasteiger partial charge in [0.05, 0.1) is 5.69 Å². The molecule has 1 heterocycles. The summed E-state index contributed by atoms with van der Waals surface area (Å²) in [6.45, 7) is 1.20. The van der Waals surface area contributed by atoms with Gasteiger partial charge < -0.3 is 10.5 Å². The van der Waals surface area contributed by atoms with Crippen LogP contribution in [0.5, 0.6) is 5.75 Å². The van der Waals surface area contributed by atoms with Crippen molar-refractivity contribution in [3.63, 3.8) is 0 Å². The van der Waals surface area contributed by atoms with Crippen molar-refractivity contribution >= 4 is 0 Å². The van der Waals surface area contributed by atoms with E-state index in [0.29, 0.717) is 12.0 Å². The van der Waals surface area contributed by atoms with E-state index in [0.717, 1.165) is 5.69 Å². The molecule has 1 aromatic heterocycles. The van der Waals surface area contributed by atoms with E-state index in [1.807, 2.05) is 30.8 Å². The first kappa shape index (κ1) is 15.4. The Morgan fingerprint density at radius 3 is 2.57 bits per heavy atom. The van der Waals surface area contributed by atoms with E-state index >= 15 is 0 Å². The van der Waals surface area contributed by atoms with Crippen molar-refractivity contribution in [2.75, 3.05) is 0 Å². The summed E-state index contributed by atoms with van der Waals surface area (Å²) in [5.41, 5.74) is 7.49. The monoisotopic (exact) mass is 295 g/mol. The third-order valence-electron chi connectivity index (χ3n) is 3.16. The van der Waals surface area contributed by atoms with Gasteiger partial charge in [-0.3, -0.25) is 4.68 Å². The molecule has 6 heteroatoms. The van der Waals surface area contributed by atoms with Gasteiger partial charge >= 0.3 is 6.61 Å². The summed E-state index contributed by atoms with van der Waals surface area (Å²) >= 11 is 0. The van der Waals surface area contributed by atoms with Crippen LogP contribution in [-0.2, 0) is 6.42 Å². The van der Waals surface area contributed by atoms with Crippen molar-refractivity contribution in [3.05, 3.63) is 47.8 Å². The molecule has 21 heavy (non-hydrogen) atoms. The fourth-order valence-electron chi connectivity index (χ4n) is 2.10. The van der Waals surface area contributed by atoms with E-state index in [4.69, 9.17) is 5.73 Å². The zero-order valence-electron chi connectivity index (χ0n) is 12.0. The summed E-state index contributed by atoms with van der Waals surface area (Å²) in [5.74, 6) is 0.114. The maximum Gasteiger partial charge on any atom is 0.387 e. The quantitative estimate of drug-likeness (QED) is 0.889. The van der Waals surface area contributed by atoms with Crippen LogP contribution in [0.1, 0.15) is 37.2 Å². The second-order valence-corrected chi connectivity index (χ2v) is 5.11. The second-order valence-electron chi connectivity index (χ2n) is 5.11. The molecule has 0 aliphatic carbocycles. The third kappa shape index (κ3) is 4.01. The van der Waals surface area contributed by atoms with Crippen molar-refractivity contribution in [2.45, 2.75) is 39.0 Å². The average molecular weight is 295 g/mol. The maximum atomic E-state index is 12.4. The Bertz CT molecular complexity index is 584. The number of para-hydroxylation sites is 1. The van der Waals surface area contributed by atoms with Crippen LogP contribution in [0.2, 0.25) is 0 Å². The highest BCUT2D eigenvalue weighted by molar-refractivity contribution is 5.36. The lowest BCUT2D eigenvalue weighted by molar-refractivity contribution is -0.0506. The number of nitrogens with two attached hydrogens (primary N) is 1. The van der Waals surface area contributed by atoms with Crippen LogP contribution in [0.4, 0.5) is 8.78 Å². The van der Waals surface area contributed by atoms with Gasteiger partial charge in [-0.1, -0.05) is 18.2 Å². The Labute approximate surface area is 122 Å². The van der Waals surface area contributed by atoms with Crippen LogP contribution in [0.25, 0.3) is 0 Å². The third-order valence-corrected chi connectivity index (χ3v) is 3.16. The van der Waals surface area contributed by atoms with E-state index in [1.165, 1.54) is 6.07 Å². The first-order valence-electron chi connectivity index (χ1n) is 6.80. The van der Waals surface area contributed by atoms with Crippen LogP contribution in [0.3, 0.4) is 0 Å². The molecular weight excluding hydrogens is 276 g/mol. The molecule has 0 spiro atoms. The van der Waals surface area contributed by atoms with Gasteiger partial charge in [0.2, 0.25) is 0 Å². The molecule has 0 aliphatic rings. The Morgan fingerprint density at radius 2 is 1.95 bits per heavy atom.